The number of hydrogen-bond acceptors (Lipinski definition) is 3. The van der Waals surface area contributed by atoms with Crippen molar-refractivity contribution in [2.24, 2.45) is 0 Å². The number of aromatic nitrogens is 2. The topological polar surface area (TPSA) is 80.6 Å². The lowest BCUT2D eigenvalue weighted by Crippen LogP contribution is -1.99. The molecule has 0 amide bonds. The van der Waals surface area contributed by atoms with E-state index in [4.69, 9.17) is 5.73 Å². The van der Waals surface area contributed by atoms with Crippen LogP contribution >= 0.6 is 0 Å². The maximum Gasteiger partial charge on any atom is 0.356 e. The highest BCUT2D eigenvalue weighted by Gasteiger charge is 2.18. The van der Waals surface area contributed by atoms with E-state index in [2.05, 4.69) is 4.98 Å². The lowest BCUT2D eigenvalue weighted by Gasteiger charge is -2.04. The maximum atomic E-state index is 11.3. The van der Waals surface area contributed by atoms with Gasteiger partial charge >= 0.3 is 5.97 Å². The highest BCUT2D eigenvalue weighted by molar-refractivity contribution is 5.95. The molecule has 0 unspecified atom stereocenters. The predicted molar refractivity (Wildman–Crippen MR) is 72.0 cm³/mol. The Morgan fingerprint density at radius 1 is 1.11 bits per heavy atom. The van der Waals surface area contributed by atoms with E-state index < -0.39 is 5.97 Å². The molecule has 5 heteroatoms. The van der Waals surface area contributed by atoms with Gasteiger partial charge < -0.3 is 10.8 Å². The Hall–Kier alpha value is -2.82. The third-order valence-electron chi connectivity index (χ3n) is 2.93. The molecule has 3 aromatic rings. The number of rotatable bonds is 2. The Labute approximate surface area is 108 Å². The van der Waals surface area contributed by atoms with Gasteiger partial charge in [0, 0.05) is 5.56 Å². The molecule has 0 saturated heterocycles. The number of nitrogens with two attached hydrogens (primary N) is 1. The van der Waals surface area contributed by atoms with Crippen LogP contribution in [-0.4, -0.2) is 20.5 Å². The number of pyridine rings is 1. The molecule has 19 heavy (non-hydrogen) atoms. The molecule has 3 rings (SSSR count). The van der Waals surface area contributed by atoms with E-state index in [9.17, 15) is 9.90 Å². The summed E-state index contributed by atoms with van der Waals surface area (Å²) in [5, 5.41) is 9.22. The monoisotopic (exact) mass is 253 g/mol. The zero-order chi connectivity index (χ0) is 13.4. The summed E-state index contributed by atoms with van der Waals surface area (Å²) in [5.74, 6) is -0.0762. The Bertz CT molecular complexity index is 763. The Morgan fingerprint density at radius 2 is 1.84 bits per heavy atom. The van der Waals surface area contributed by atoms with E-state index >= 15 is 0 Å². The summed E-state index contributed by atoms with van der Waals surface area (Å²) < 4.78 is 1.65. The van der Waals surface area contributed by atoms with Crippen molar-refractivity contribution in [3.8, 4) is 11.4 Å². The van der Waals surface area contributed by atoms with Gasteiger partial charge in [-0.15, -0.1) is 0 Å². The van der Waals surface area contributed by atoms with Crippen LogP contribution in [0.15, 0.2) is 48.5 Å². The smallest absolute Gasteiger partial charge is 0.356 e. The fourth-order valence-corrected chi connectivity index (χ4v) is 2.10. The summed E-state index contributed by atoms with van der Waals surface area (Å²) in [7, 11) is 0. The minimum atomic E-state index is -1.06. The molecule has 0 aliphatic rings. The highest BCUT2D eigenvalue weighted by Crippen LogP contribution is 2.25. The van der Waals surface area contributed by atoms with Crippen LogP contribution < -0.4 is 5.73 Å². The van der Waals surface area contributed by atoms with Gasteiger partial charge in [0.25, 0.3) is 0 Å². The van der Waals surface area contributed by atoms with Crippen molar-refractivity contribution in [2.75, 3.05) is 5.73 Å². The van der Waals surface area contributed by atoms with Crippen molar-refractivity contribution >= 4 is 17.3 Å². The summed E-state index contributed by atoms with van der Waals surface area (Å²) in [6, 6.07) is 14.5. The number of nitrogen functional groups attached to an aromatic ring is 1. The average molecular weight is 253 g/mol. The van der Waals surface area contributed by atoms with E-state index in [1.807, 2.05) is 30.3 Å². The van der Waals surface area contributed by atoms with Crippen LogP contribution in [0.1, 0.15) is 10.5 Å². The molecular formula is C14H11N3O2. The first-order valence-corrected chi connectivity index (χ1v) is 5.74. The number of carboxylic acids is 1. The molecule has 3 N–H and O–H groups in total. The summed E-state index contributed by atoms with van der Waals surface area (Å²) in [4.78, 5) is 15.5. The summed E-state index contributed by atoms with van der Waals surface area (Å²) in [5.41, 5.74) is 7.26. The third kappa shape index (κ3) is 1.72. The third-order valence-corrected chi connectivity index (χ3v) is 2.93. The number of carboxylic acid groups (broad SMARTS) is 1. The Kier molecular flexibility index (Phi) is 2.45. The van der Waals surface area contributed by atoms with Crippen LogP contribution in [0.5, 0.6) is 0 Å². The van der Waals surface area contributed by atoms with Crippen molar-refractivity contribution in [1.82, 2.24) is 9.38 Å². The van der Waals surface area contributed by atoms with E-state index in [-0.39, 0.29) is 5.69 Å². The van der Waals surface area contributed by atoms with Crippen molar-refractivity contribution in [3.05, 3.63) is 54.2 Å². The second-order valence-electron chi connectivity index (χ2n) is 4.13. The maximum absolute atomic E-state index is 11.3. The quantitative estimate of drug-likeness (QED) is 0.734. The summed E-state index contributed by atoms with van der Waals surface area (Å²) in [6.45, 7) is 0. The van der Waals surface area contributed by atoms with Crippen LogP contribution in [0.3, 0.4) is 0 Å². The molecule has 2 aromatic heterocycles. The van der Waals surface area contributed by atoms with Gasteiger partial charge in [0.05, 0.1) is 5.52 Å². The number of hydrogen-bond donors (Lipinski definition) is 2. The summed E-state index contributed by atoms with van der Waals surface area (Å²) in [6.07, 6.45) is 0. The van der Waals surface area contributed by atoms with Gasteiger partial charge in [-0.3, -0.25) is 4.40 Å². The minimum absolute atomic E-state index is 0.00570. The predicted octanol–water partition coefficient (Wildman–Crippen LogP) is 2.28. The molecule has 0 aliphatic carbocycles. The largest absolute Gasteiger partial charge is 0.476 e. The number of imidazole rings is 1. The Balaban J connectivity index is 2.40. The lowest BCUT2D eigenvalue weighted by atomic mass is 10.2. The number of aromatic carboxylic acids is 1. The van der Waals surface area contributed by atoms with Gasteiger partial charge in [-0.1, -0.05) is 36.4 Å². The van der Waals surface area contributed by atoms with E-state index in [0.29, 0.717) is 17.2 Å². The Morgan fingerprint density at radius 3 is 2.53 bits per heavy atom. The van der Waals surface area contributed by atoms with Crippen molar-refractivity contribution < 1.29 is 9.90 Å². The first kappa shape index (κ1) is 11.3. The number of carbonyl (C=O) groups is 1. The molecule has 0 bridgehead atoms. The second-order valence-corrected chi connectivity index (χ2v) is 4.13. The van der Waals surface area contributed by atoms with Gasteiger partial charge in [-0.2, -0.15) is 0 Å². The second kappa shape index (κ2) is 4.13. The summed E-state index contributed by atoms with van der Waals surface area (Å²) >= 11 is 0. The molecular weight excluding hydrogens is 242 g/mol. The van der Waals surface area contributed by atoms with E-state index in [1.165, 1.54) is 0 Å². The molecule has 0 saturated carbocycles. The molecule has 0 fully saturated rings. The van der Waals surface area contributed by atoms with Crippen LogP contribution in [-0.2, 0) is 0 Å². The van der Waals surface area contributed by atoms with Crippen molar-refractivity contribution in [2.45, 2.75) is 0 Å². The molecule has 0 aliphatic heterocycles. The van der Waals surface area contributed by atoms with Crippen LogP contribution in [0.4, 0.5) is 5.82 Å². The van der Waals surface area contributed by atoms with Gasteiger partial charge in [0.1, 0.15) is 11.6 Å². The lowest BCUT2D eigenvalue weighted by molar-refractivity contribution is 0.0693. The van der Waals surface area contributed by atoms with E-state index in [0.717, 1.165) is 5.56 Å². The molecule has 0 spiro atoms. The minimum Gasteiger partial charge on any atom is -0.476 e. The van der Waals surface area contributed by atoms with E-state index in [1.54, 1.807) is 22.6 Å². The standard InChI is InChI=1S/C14H11N3O2/c15-11-8-4-7-10-12(14(18)19)16-13(17(10)11)9-5-2-1-3-6-9/h1-8H,15H2,(H,18,19). The van der Waals surface area contributed by atoms with Crippen LogP contribution in [0, 0.1) is 0 Å². The zero-order valence-corrected chi connectivity index (χ0v) is 9.95. The molecule has 94 valence electrons. The fourth-order valence-electron chi connectivity index (χ4n) is 2.10. The average Bonchev–Trinajstić information content (AvgIpc) is 2.81. The fraction of sp³-hybridized carbons (Fsp3) is 0. The van der Waals surface area contributed by atoms with Crippen molar-refractivity contribution in [1.29, 1.82) is 0 Å². The number of benzene rings is 1. The molecule has 1 aromatic carbocycles. The first-order chi connectivity index (χ1) is 9.18. The van der Waals surface area contributed by atoms with Crippen LogP contribution in [0.25, 0.3) is 16.9 Å². The van der Waals surface area contributed by atoms with Gasteiger partial charge in [-0.25, -0.2) is 9.78 Å². The first-order valence-electron chi connectivity index (χ1n) is 5.74. The zero-order valence-electron chi connectivity index (χ0n) is 9.95. The normalized spacial score (nSPS) is 10.7. The van der Waals surface area contributed by atoms with Gasteiger partial charge in [0.15, 0.2) is 5.69 Å². The van der Waals surface area contributed by atoms with Crippen molar-refractivity contribution in [3.63, 3.8) is 0 Å². The SMILES string of the molecule is Nc1cccc2c(C(=O)O)nc(-c3ccccc3)n12. The number of anilines is 1. The van der Waals surface area contributed by atoms with Gasteiger partial charge in [-0.05, 0) is 12.1 Å². The van der Waals surface area contributed by atoms with Gasteiger partial charge in [0.2, 0.25) is 0 Å². The molecule has 0 atom stereocenters. The van der Waals surface area contributed by atoms with Crippen LogP contribution in [0.2, 0.25) is 0 Å². The molecule has 0 radical (unpaired) electrons. The number of nitrogens with zero attached hydrogens (tertiary/aromatic N) is 2. The number of fused-ring (bicyclic) bond motifs is 1. The highest BCUT2D eigenvalue weighted by atomic mass is 16.4. The molecule has 2 heterocycles. The molecule has 5 nitrogen and oxygen atoms in total.